The molecule has 0 bridgehead atoms. The van der Waals surface area contributed by atoms with Gasteiger partial charge in [0.2, 0.25) is 0 Å². The van der Waals surface area contributed by atoms with Crippen molar-refractivity contribution in [2.75, 3.05) is 31.6 Å². The molecule has 2 saturated heterocycles. The van der Waals surface area contributed by atoms with Crippen molar-refractivity contribution in [2.24, 2.45) is 0 Å². The first-order valence-electron chi connectivity index (χ1n) is 5.93. The number of rotatable bonds is 1. The van der Waals surface area contributed by atoms with Gasteiger partial charge in [-0.05, 0) is 19.2 Å². The number of benzene rings is 1. The molecule has 2 atom stereocenters. The molecule has 0 unspecified atom stereocenters. The normalized spacial score (nSPS) is 29.5. The van der Waals surface area contributed by atoms with Crippen molar-refractivity contribution in [3.05, 3.63) is 30.3 Å². The standard InChI is InChI=1S/C13H16N2O2/c1-14-7-11-12(8-14)17-9-13(16)15(11)10-5-3-2-4-6-10/h2-6,11-12H,7-9H2,1H3/t11-,12+/m1/s1. The van der Waals surface area contributed by atoms with E-state index in [1.54, 1.807) is 0 Å². The van der Waals surface area contributed by atoms with Crippen LogP contribution in [-0.4, -0.2) is 49.7 Å². The molecule has 4 heteroatoms. The number of carbonyl (C=O) groups excluding carboxylic acids is 1. The Labute approximate surface area is 101 Å². The molecule has 0 radical (unpaired) electrons. The van der Waals surface area contributed by atoms with Crippen molar-refractivity contribution < 1.29 is 9.53 Å². The highest BCUT2D eigenvalue weighted by Crippen LogP contribution is 2.27. The number of carbonyl (C=O) groups is 1. The lowest BCUT2D eigenvalue weighted by Gasteiger charge is -2.36. The Morgan fingerprint density at radius 2 is 2.00 bits per heavy atom. The number of likely N-dealkylation sites (N-methyl/N-ethyl adjacent to an activating group) is 1. The summed E-state index contributed by atoms with van der Waals surface area (Å²) < 4.78 is 5.60. The van der Waals surface area contributed by atoms with E-state index in [4.69, 9.17) is 4.74 Å². The minimum Gasteiger partial charge on any atom is -0.365 e. The molecule has 0 aromatic heterocycles. The fraction of sp³-hybridized carbons (Fsp3) is 0.462. The molecule has 90 valence electrons. The molecule has 2 aliphatic rings. The Hall–Kier alpha value is -1.39. The predicted octanol–water partition coefficient (Wildman–Crippen LogP) is 0.732. The summed E-state index contributed by atoms with van der Waals surface area (Å²) in [5.74, 6) is 0.0627. The lowest BCUT2D eigenvalue weighted by atomic mass is 10.1. The minimum absolute atomic E-state index is 0.0627. The van der Waals surface area contributed by atoms with Gasteiger partial charge in [0.25, 0.3) is 5.91 Å². The van der Waals surface area contributed by atoms with E-state index in [2.05, 4.69) is 11.9 Å². The highest BCUT2D eigenvalue weighted by Gasteiger charge is 2.42. The van der Waals surface area contributed by atoms with Crippen LogP contribution in [0.15, 0.2) is 30.3 Å². The fourth-order valence-electron chi connectivity index (χ4n) is 2.71. The second kappa shape index (κ2) is 4.13. The van der Waals surface area contributed by atoms with Crippen LogP contribution in [0.4, 0.5) is 5.69 Å². The number of hydrogen-bond acceptors (Lipinski definition) is 3. The van der Waals surface area contributed by atoms with Crippen molar-refractivity contribution in [1.29, 1.82) is 0 Å². The van der Waals surface area contributed by atoms with Gasteiger partial charge in [-0.1, -0.05) is 18.2 Å². The average Bonchev–Trinajstić information content (AvgIpc) is 2.70. The number of morpholine rings is 1. The third kappa shape index (κ3) is 1.83. The number of para-hydroxylation sites is 1. The number of likely N-dealkylation sites (tertiary alicyclic amines) is 1. The molecule has 2 heterocycles. The molecule has 1 amide bonds. The summed E-state index contributed by atoms with van der Waals surface area (Å²) in [7, 11) is 2.06. The van der Waals surface area contributed by atoms with Gasteiger partial charge in [0.15, 0.2) is 0 Å². The Kier molecular flexibility index (Phi) is 2.61. The van der Waals surface area contributed by atoms with E-state index in [0.29, 0.717) is 0 Å². The second-order valence-electron chi connectivity index (χ2n) is 4.74. The zero-order chi connectivity index (χ0) is 11.8. The van der Waals surface area contributed by atoms with Gasteiger partial charge in [0.1, 0.15) is 6.61 Å². The number of amides is 1. The summed E-state index contributed by atoms with van der Waals surface area (Å²) in [6.45, 7) is 1.98. The zero-order valence-electron chi connectivity index (χ0n) is 9.87. The molecule has 0 saturated carbocycles. The average molecular weight is 232 g/mol. The highest BCUT2D eigenvalue weighted by atomic mass is 16.5. The number of fused-ring (bicyclic) bond motifs is 1. The van der Waals surface area contributed by atoms with Crippen LogP contribution < -0.4 is 4.90 Å². The Morgan fingerprint density at radius 1 is 1.24 bits per heavy atom. The van der Waals surface area contributed by atoms with E-state index >= 15 is 0 Å². The number of nitrogens with zero attached hydrogens (tertiary/aromatic N) is 2. The second-order valence-corrected chi connectivity index (χ2v) is 4.74. The van der Waals surface area contributed by atoms with Crippen molar-refractivity contribution >= 4 is 11.6 Å². The van der Waals surface area contributed by atoms with Crippen molar-refractivity contribution in [3.63, 3.8) is 0 Å². The van der Waals surface area contributed by atoms with Gasteiger partial charge in [0, 0.05) is 18.8 Å². The summed E-state index contributed by atoms with van der Waals surface area (Å²) in [4.78, 5) is 16.1. The quantitative estimate of drug-likeness (QED) is 0.715. The Morgan fingerprint density at radius 3 is 2.76 bits per heavy atom. The zero-order valence-corrected chi connectivity index (χ0v) is 9.87. The molecule has 4 nitrogen and oxygen atoms in total. The van der Waals surface area contributed by atoms with Gasteiger partial charge in [0.05, 0.1) is 12.1 Å². The third-order valence-electron chi connectivity index (χ3n) is 3.48. The molecule has 0 N–H and O–H groups in total. The smallest absolute Gasteiger partial charge is 0.253 e. The third-order valence-corrected chi connectivity index (χ3v) is 3.48. The minimum atomic E-state index is 0.0627. The summed E-state index contributed by atoms with van der Waals surface area (Å²) in [6, 6.07) is 10.0. The lowest BCUT2D eigenvalue weighted by molar-refractivity contribution is -0.130. The summed E-state index contributed by atoms with van der Waals surface area (Å²) in [6.07, 6.45) is 0.151. The molecule has 3 rings (SSSR count). The maximum atomic E-state index is 12.0. The van der Waals surface area contributed by atoms with E-state index in [9.17, 15) is 4.79 Å². The Bertz CT molecular complexity index is 421. The van der Waals surface area contributed by atoms with Crippen LogP contribution in [0.2, 0.25) is 0 Å². The molecule has 1 aromatic carbocycles. The highest BCUT2D eigenvalue weighted by molar-refractivity contribution is 5.95. The molecule has 0 aliphatic carbocycles. The molecular formula is C13H16N2O2. The summed E-state index contributed by atoms with van der Waals surface area (Å²) >= 11 is 0. The van der Waals surface area contributed by atoms with Gasteiger partial charge in [-0.3, -0.25) is 4.79 Å². The van der Waals surface area contributed by atoms with Crippen molar-refractivity contribution in [1.82, 2.24) is 4.90 Å². The lowest BCUT2D eigenvalue weighted by Crippen LogP contribution is -2.54. The van der Waals surface area contributed by atoms with Crippen molar-refractivity contribution in [3.8, 4) is 0 Å². The monoisotopic (exact) mass is 232 g/mol. The van der Waals surface area contributed by atoms with Crippen LogP contribution in [0.25, 0.3) is 0 Å². The summed E-state index contributed by atoms with van der Waals surface area (Å²) in [5, 5.41) is 0. The van der Waals surface area contributed by atoms with Crippen LogP contribution in [0.5, 0.6) is 0 Å². The SMILES string of the molecule is CN1C[C@@H]2OCC(=O)N(c3ccccc3)[C@@H]2C1. The maximum absolute atomic E-state index is 12.0. The first-order valence-corrected chi connectivity index (χ1v) is 5.93. The predicted molar refractivity (Wildman–Crippen MR) is 65.0 cm³/mol. The number of hydrogen-bond donors (Lipinski definition) is 0. The van der Waals surface area contributed by atoms with E-state index in [0.717, 1.165) is 18.8 Å². The molecular weight excluding hydrogens is 216 g/mol. The van der Waals surface area contributed by atoms with Crippen LogP contribution in [-0.2, 0) is 9.53 Å². The molecule has 17 heavy (non-hydrogen) atoms. The first-order chi connectivity index (χ1) is 8.25. The van der Waals surface area contributed by atoms with E-state index in [1.165, 1.54) is 0 Å². The van der Waals surface area contributed by atoms with E-state index < -0.39 is 0 Å². The van der Waals surface area contributed by atoms with Crippen LogP contribution in [0, 0.1) is 0 Å². The molecule has 2 aliphatic heterocycles. The van der Waals surface area contributed by atoms with Gasteiger partial charge < -0.3 is 14.5 Å². The topological polar surface area (TPSA) is 32.8 Å². The van der Waals surface area contributed by atoms with E-state index in [1.807, 2.05) is 35.2 Å². The maximum Gasteiger partial charge on any atom is 0.253 e. The fourth-order valence-corrected chi connectivity index (χ4v) is 2.71. The van der Waals surface area contributed by atoms with Gasteiger partial charge in [-0.2, -0.15) is 0 Å². The Balaban J connectivity index is 1.93. The van der Waals surface area contributed by atoms with Crippen LogP contribution in [0.1, 0.15) is 0 Å². The first kappa shape index (κ1) is 10.7. The van der Waals surface area contributed by atoms with Gasteiger partial charge in [-0.25, -0.2) is 0 Å². The molecule has 0 spiro atoms. The molecule has 1 aromatic rings. The number of ether oxygens (including phenoxy) is 1. The van der Waals surface area contributed by atoms with Crippen molar-refractivity contribution in [2.45, 2.75) is 12.1 Å². The van der Waals surface area contributed by atoms with Gasteiger partial charge in [-0.15, -0.1) is 0 Å². The molecule has 2 fully saturated rings. The van der Waals surface area contributed by atoms with E-state index in [-0.39, 0.29) is 24.7 Å². The van der Waals surface area contributed by atoms with Gasteiger partial charge >= 0.3 is 0 Å². The largest absolute Gasteiger partial charge is 0.365 e. The van der Waals surface area contributed by atoms with Crippen LogP contribution in [0.3, 0.4) is 0 Å². The van der Waals surface area contributed by atoms with Crippen LogP contribution >= 0.6 is 0 Å². The number of anilines is 1. The summed E-state index contributed by atoms with van der Waals surface area (Å²) in [5.41, 5.74) is 0.978.